The molecule has 0 amide bonds. The maximum Gasteiger partial charge on any atom is 0.169 e. The predicted molar refractivity (Wildman–Crippen MR) is 77.6 cm³/mol. The first-order valence-corrected chi connectivity index (χ1v) is 8.92. The number of nitrogens with one attached hydrogen (secondary N) is 1. The molecule has 0 saturated carbocycles. The Labute approximate surface area is 116 Å². The van der Waals surface area contributed by atoms with E-state index in [-0.39, 0.29) is 5.75 Å². The molecule has 2 heterocycles. The third-order valence-corrected chi connectivity index (χ3v) is 4.55. The van der Waals surface area contributed by atoms with Crippen molar-refractivity contribution in [3.05, 3.63) is 18.6 Å². The van der Waals surface area contributed by atoms with Crippen LogP contribution in [0.2, 0.25) is 0 Å². The molecule has 0 spiro atoms. The zero-order valence-electron chi connectivity index (χ0n) is 10.8. The topological polar surface area (TPSA) is 76.4 Å². The molecular weight excluding hydrogens is 284 g/mol. The Bertz CT molecular complexity index is 666. The summed E-state index contributed by atoms with van der Waals surface area (Å²) >= 11 is 1.41. The van der Waals surface area contributed by atoms with Crippen LogP contribution in [-0.2, 0) is 9.84 Å². The Morgan fingerprint density at radius 3 is 2.95 bits per heavy atom. The zero-order valence-corrected chi connectivity index (χ0v) is 12.5. The molecule has 0 saturated heterocycles. The van der Waals surface area contributed by atoms with Crippen LogP contribution in [0.1, 0.15) is 6.92 Å². The highest BCUT2D eigenvalue weighted by Gasteiger charge is 2.09. The lowest BCUT2D eigenvalue weighted by Crippen LogP contribution is -2.06. The first kappa shape index (κ1) is 14.1. The fraction of sp³-hybridized carbons (Fsp3) is 0.455. The van der Waals surface area contributed by atoms with E-state index in [4.69, 9.17) is 0 Å². The molecule has 0 aromatic carbocycles. The smallest absolute Gasteiger partial charge is 0.169 e. The molecule has 0 aliphatic rings. The van der Waals surface area contributed by atoms with Gasteiger partial charge in [0.2, 0.25) is 0 Å². The maximum absolute atomic E-state index is 11.1. The van der Waals surface area contributed by atoms with Crippen LogP contribution in [0.25, 0.3) is 5.65 Å². The summed E-state index contributed by atoms with van der Waals surface area (Å²) in [7, 11) is -2.95. The van der Waals surface area contributed by atoms with Crippen LogP contribution < -0.4 is 5.32 Å². The van der Waals surface area contributed by atoms with E-state index in [1.807, 2.05) is 23.7 Å². The SMILES string of the molecule is CCNc1cn2ccnc2c(SCCS(C)(=O)=O)n1. The molecule has 0 fully saturated rings. The summed E-state index contributed by atoms with van der Waals surface area (Å²) in [4.78, 5) is 8.69. The number of aromatic nitrogens is 3. The summed E-state index contributed by atoms with van der Waals surface area (Å²) in [6.45, 7) is 2.77. The number of rotatable bonds is 6. The van der Waals surface area contributed by atoms with Crippen molar-refractivity contribution in [2.75, 3.05) is 29.6 Å². The molecule has 2 aromatic heterocycles. The van der Waals surface area contributed by atoms with Gasteiger partial charge in [0.25, 0.3) is 0 Å². The molecule has 2 aromatic rings. The fourth-order valence-electron chi connectivity index (χ4n) is 1.56. The van der Waals surface area contributed by atoms with E-state index >= 15 is 0 Å². The monoisotopic (exact) mass is 300 g/mol. The molecule has 0 aliphatic carbocycles. The average molecular weight is 300 g/mol. The van der Waals surface area contributed by atoms with Crippen molar-refractivity contribution < 1.29 is 8.42 Å². The van der Waals surface area contributed by atoms with Crippen LogP contribution in [-0.4, -0.2) is 47.1 Å². The van der Waals surface area contributed by atoms with Crippen molar-refractivity contribution in [3.8, 4) is 0 Å². The molecule has 19 heavy (non-hydrogen) atoms. The van der Waals surface area contributed by atoms with E-state index in [1.165, 1.54) is 18.0 Å². The average Bonchev–Trinajstić information content (AvgIpc) is 2.76. The molecule has 1 N–H and O–H groups in total. The van der Waals surface area contributed by atoms with Crippen LogP contribution in [0, 0.1) is 0 Å². The van der Waals surface area contributed by atoms with Gasteiger partial charge >= 0.3 is 0 Å². The standard InChI is InChI=1S/C11H16N4O2S2/c1-3-12-9-8-15-5-4-13-10(15)11(14-9)18-6-7-19(2,16)17/h4-5,8,12H,3,6-7H2,1-2H3. The third-order valence-electron chi connectivity index (χ3n) is 2.39. The largest absolute Gasteiger partial charge is 0.369 e. The van der Waals surface area contributed by atoms with Gasteiger partial charge in [-0.05, 0) is 6.92 Å². The summed E-state index contributed by atoms with van der Waals surface area (Å²) in [6, 6.07) is 0. The molecule has 0 aliphatic heterocycles. The Balaban J connectivity index is 2.22. The van der Waals surface area contributed by atoms with Crippen molar-refractivity contribution in [1.29, 1.82) is 0 Å². The van der Waals surface area contributed by atoms with Gasteiger partial charge in [-0.25, -0.2) is 18.4 Å². The second kappa shape index (κ2) is 5.79. The van der Waals surface area contributed by atoms with Gasteiger partial charge in [-0.1, -0.05) is 0 Å². The second-order valence-corrected chi connectivity index (χ2v) is 7.44. The Kier molecular flexibility index (Phi) is 4.31. The van der Waals surface area contributed by atoms with E-state index < -0.39 is 9.84 Å². The van der Waals surface area contributed by atoms with Crippen LogP contribution in [0.15, 0.2) is 23.6 Å². The zero-order chi connectivity index (χ0) is 13.9. The summed E-state index contributed by atoms with van der Waals surface area (Å²) in [5, 5.41) is 3.89. The molecule has 8 heteroatoms. The van der Waals surface area contributed by atoms with Crippen molar-refractivity contribution in [2.24, 2.45) is 0 Å². The maximum atomic E-state index is 11.1. The Morgan fingerprint density at radius 2 is 2.26 bits per heavy atom. The molecule has 6 nitrogen and oxygen atoms in total. The summed E-state index contributed by atoms with van der Waals surface area (Å²) in [5.41, 5.74) is 0.750. The highest BCUT2D eigenvalue weighted by atomic mass is 32.2. The molecule has 0 unspecified atom stereocenters. The van der Waals surface area contributed by atoms with Gasteiger partial charge in [0.15, 0.2) is 5.65 Å². The van der Waals surface area contributed by atoms with E-state index in [0.717, 1.165) is 23.0 Å². The van der Waals surface area contributed by atoms with Gasteiger partial charge in [-0.3, -0.25) is 0 Å². The normalized spacial score (nSPS) is 11.9. The van der Waals surface area contributed by atoms with Crippen LogP contribution >= 0.6 is 11.8 Å². The molecule has 0 atom stereocenters. The fourth-order valence-corrected chi connectivity index (χ4v) is 3.74. The van der Waals surface area contributed by atoms with Gasteiger partial charge in [0, 0.05) is 30.9 Å². The van der Waals surface area contributed by atoms with Crippen molar-refractivity contribution in [1.82, 2.24) is 14.4 Å². The lowest BCUT2D eigenvalue weighted by molar-refractivity contribution is 0.603. The minimum Gasteiger partial charge on any atom is -0.369 e. The molecule has 0 bridgehead atoms. The number of fused-ring (bicyclic) bond motifs is 1. The molecule has 104 valence electrons. The van der Waals surface area contributed by atoms with Gasteiger partial charge in [0.05, 0.1) is 11.9 Å². The van der Waals surface area contributed by atoms with Gasteiger partial charge in [-0.2, -0.15) is 0 Å². The number of anilines is 1. The lowest BCUT2D eigenvalue weighted by Gasteiger charge is -2.07. The summed E-state index contributed by atoms with van der Waals surface area (Å²) in [6.07, 6.45) is 6.65. The van der Waals surface area contributed by atoms with Crippen LogP contribution in [0.4, 0.5) is 5.82 Å². The number of hydrogen-bond donors (Lipinski definition) is 1. The highest BCUT2D eigenvalue weighted by molar-refractivity contribution is 8.00. The highest BCUT2D eigenvalue weighted by Crippen LogP contribution is 2.22. The van der Waals surface area contributed by atoms with E-state index in [9.17, 15) is 8.42 Å². The number of sulfone groups is 1. The van der Waals surface area contributed by atoms with Crippen molar-refractivity contribution in [3.63, 3.8) is 0 Å². The second-order valence-electron chi connectivity index (χ2n) is 4.10. The Morgan fingerprint density at radius 1 is 1.47 bits per heavy atom. The van der Waals surface area contributed by atoms with Crippen molar-refractivity contribution >= 4 is 33.1 Å². The molecule has 2 rings (SSSR count). The predicted octanol–water partition coefficient (Wildman–Crippen LogP) is 1.30. The van der Waals surface area contributed by atoms with Gasteiger partial charge in [-0.15, -0.1) is 11.8 Å². The number of imidazole rings is 1. The van der Waals surface area contributed by atoms with Crippen molar-refractivity contribution in [2.45, 2.75) is 11.9 Å². The van der Waals surface area contributed by atoms with E-state index in [0.29, 0.717) is 5.75 Å². The minimum absolute atomic E-state index is 0.137. The first-order chi connectivity index (χ1) is 8.99. The lowest BCUT2D eigenvalue weighted by atomic mass is 10.6. The Hall–Kier alpha value is -1.28. The van der Waals surface area contributed by atoms with Crippen LogP contribution in [0.3, 0.4) is 0 Å². The number of nitrogens with zero attached hydrogens (tertiary/aromatic N) is 3. The number of hydrogen-bond acceptors (Lipinski definition) is 6. The number of thioether (sulfide) groups is 1. The quantitative estimate of drug-likeness (QED) is 0.810. The van der Waals surface area contributed by atoms with Crippen LogP contribution in [0.5, 0.6) is 0 Å². The minimum atomic E-state index is -2.95. The summed E-state index contributed by atoms with van der Waals surface area (Å²) < 4.78 is 24.2. The third kappa shape index (κ3) is 3.84. The van der Waals surface area contributed by atoms with E-state index in [1.54, 1.807) is 6.20 Å². The summed E-state index contributed by atoms with van der Waals surface area (Å²) in [5.74, 6) is 1.37. The van der Waals surface area contributed by atoms with Gasteiger partial charge < -0.3 is 9.72 Å². The van der Waals surface area contributed by atoms with E-state index in [2.05, 4.69) is 15.3 Å². The first-order valence-electron chi connectivity index (χ1n) is 5.87. The molecular formula is C11H16N4O2S2. The van der Waals surface area contributed by atoms with Gasteiger partial charge in [0.1, 0.15) is 20.7 Å². The molecule has 0 radical (unpaired) electrons.